The highest BCUT2D eigenvalue weighted by Crippen LogP contribution is 2.30. The lowest BCUT2D eigenvalue weighted by molar-refractivity contribution is -0.113. The summed E-state index contributed by atoms with van der Waals surface area (Å²) in [4.78, 5) is 32.5. The van der Waals surface area contributed by atoms with Crippen LogP contribution in [0.3, 0.4) is 0 Å². The molecule has 0 unspecified atom stereocenters. The second kappa shape index (κ2) is 10.5. The van der Waals surface area contributed by atoms with E-state index in [4.69, 9.17) is 10.00 Å². The van der Waals surface area contributed by atoms with Crippen molar-refractivity contribution in [3.63, 3.8) is 0 Å². The van der Waals surface area contributed by atoms with Gasteiger partial charge in [0.15, 0.2) is 11.4 Å². The monoisotopic (exact) mass is 506 g/mol. The zero-order valence-corrected chi connectivity index (χ0v) is 20.7. The quantitative estimate of drug-likeness (QED) is 0.431. The number of carbonyl (C=O) groups is 1. The number of carbonyl (C=O) groups excluding carboxylic acids is 1. The molecular weight excluding hydrogens is 484 g/mol. The van der Waals surface area contributed by atoms with Gasteiger partial charge in [0.2, 0.25) is 0 Å². The van der Waals surface area contributed by atoms with Crippen molar-refractivity contribution >= 4 is 29.0 Å². The highest BCUT2D eigenvalue weighted by Gasteiger charge is 2.32. The topological polar surface area (TPSA) is 96.5 Å². The molecule has 4 aromatic rings. The maximum Gasteiger partial charge on any atom is 0.271 e. The number of hydrogen-bond acceptors (Lipinski definition) is 6. The van der Waals surface area contributed by atoms with Gasteiger partial charge in [0.1, 0.15) is 11.8 Å². The van der Waals surface area contributed by atoms with Crippen LogP contribution in [0.15, 0.2) is 106 Å². The minimum atomic E-state index is -0.645. The molecule has 1 amide bonds. The number of fused-ring (bicyclic) bond motifs is 1. The molecule has 37 heavy (non-hydrogen) atoms. The predicted molar refractivity (Wildman–Crippen MR) is 143 cm³/mol. The van der Waals surface area contributed by atoms with E-state index >= 15 is 0 Å². The third-order valence-electron chi connectivity index (χ3n) is 5.91. The van der Waals surface area contributed by atoms with Gasteiger partial charge < -0.3 is 10.1 Å². The Morgan fingerprint density at radius 3 is 2.49 bits per heavy atom. The summed E-state index contributed by atoms with van der Waals surface area (Å²) >= 11 is 1.25. The number of aromatic nitrogens is 1. The summed E-state index contributed by atoms with van der Waals surface area (Å²) in [7, 11) is 0. The molecule has 1 aliphatic heterocycles. The van der Waals surface area contributed by atoms with E-state index in [0.29, 0.717) is 37.6 Å². The normalized spacial score (nSPS) is 14.9. The van der Waals surface area contributed by atoms with E-state index in [1.165, 1.54) is 11.3 Å². The van der Waals surface area contributed by atoms with Crippen LogP contribution < -0.4 is 24.9 Å². The number of benzene rings is 3. The Kier molecular flexibility index (Phi) is 6.79. The molecule has 0 fully saturated rings. The summed E-state index contributed by atoms with van der Waals surface area (Å²) in [5, 5.41) is 11.8. The second-order valence-electron chi connectivity index (χ2n) is 8.30. The van der Waals surface area contributed by atoms with E-state index in [1.807, 2.05) is 84.9 Å². The number of allylic oxidation sites excluding steroid dienone is 1. The zero-order valence-electron chi connectivity index (χ0n) is 19.9. The summed E-state index contributed by atoms with van der Waals surface area (Å²) in [5.41, 5.74) is 2.84. The molecule has 0 aliphatic carbocycles. The van der Waals surface area contributed by atoms with Gasteiger partial charge in [-0.1, -0.05) is 78.1 Å². The molecule has 0 saturated heterocycles. The summed E-state index contributed by atoms with van der Waals surface area (Å²) in [6.45, 7) is 1.69. The van der Waals surface area contributed by atoms with E-state index in [9.17, 15) is 9.59 Å². The number of thiazole rings is 1. The van der Waals surface area contributed by atoms with Crippen LogP contribution in [0.5, 0.6) is 5.75 Å². The fraction of sp³-hybridized carbons (Fsp3) is 0.103. The van der Waals surface area contributed by atoms with Gasteiger partial charge in [0.25, 0.3) is 11.5 Å². The molecule has 182 valence electrons. The number of nitrogens with zero attached hydrogens (tertiary/aromatic N) is 3. The SMILES string of the molecule is CC1=C(C(=O)Nc2ccccc2)[C@@H](c2ccccc2)n2c(s/c(=C\c3ccccc3OCC#N)c2=O)=N1. The third kappa shape index (κ3) is 4.85. The van der Waals surface area contributed by atoms with Crippen molar-refractivity contribution in [2.75, 3.05) is 11.9 Å². The Balaban J connectivity index is 1.65. The lowest BCUT2D eigenvalue weighted by Gasteiger charge is -2.25. The molecule has 7 nitrogen and oxygen atoms in total. The van der Waals surface area contributed by atoms with Crippen LogP contribution in [0.25, 0.3) is 6.08 Å². The van der Waals surface area contributed by atoms with Gasteiger partial charge in [0, 0.05) is 11.3 Å². The molecular formula is C29H22N4O3S. The van der Waals surface area contributed by atoms with Gasteiger partial charge in [-0.05, 0) is 36.8 Å². The molecule has 5 rings (SSSR count). The molecule has 1 aromatic heterocycles. The first-order valence-corrected chi connectivity index (χ1v) is 12.4. The van der Waals surface area contributed by atoms with Crippen LogP contribution in [0.4, 0.5) is 5.69 Å². The van der Waals surface area contributed by atoms with E-state index in [0.717, 1.165) is 5.56 Å². The molecule has 0 saturated carbocycles. The van der Waals surface area contributed by atoms with Gasteiger partial charge in [0.05, 0.1) is 21.8 Å². The predicted octanol–water partition coefficient (Wildman–Crippen LogP) is 3.78. The number of rotatable bonds is 6. The smallest absolute Gasteiger partial charge is 0.271 e. The molecule has 1 atom stereocenters. The summed E-state index contributed by atoms with van der Waals surface area (Å²) in [6.07, 6.45) is 1.74. The van der Waals surface area contributed by atoms with Crippen molar-refractivity contribution in [3.05, 3.63) is 127 Å². The summed E-state index contributed by atoms with van der Waals surface area (Å²) < 4.78 is 7.56. The van der Waals surface area contributed by atoms with Crippen LogP contribution in [0.1, 0.15) is 24.1 Å². The molecule has 0 bridgehead atoms. The van der Waals surface area contributed by atoms with Crippen molar-refractivity contribution in [1.82, 2.24) is 4.57 Å². The summed E-state index contributed by atoms with van der Waals surface area (Å²) in [6, 6.07) is 27.2. The Hall–Kier alpha value is -4.74. The Morgan fingerprint density at radius 2 is 1.76 bits per heavy atom. The number of ether oxygens (including phenoxy) is 1. The van der Waals surface area contributed by atoms with Gasteiger partial charge >= 0.3 is 0 Å². The van der Waals surface area contributed by atoms with Crippen LogP contribution in [0, 0.1) is 11.3 Å². The number of para-hydroxylation sites is 2. The van der Waals surface area contributed by atoms with Crippen molar-refractivity contribution in [1.29, 1.82) is 5.26 Å². The lowest BCUT2D eigenvalue weighted by atomic mass is 9.95. The molecule has 8 heteroatoms. The maximum absolute atomic E-state index is 13.8. The Morgan fingerprint density at radius 1 is 1.08 bits per heavy atom. The van der Waals surface area contributed by atoms with E-state index in [1.54, 1.807) is 23.6 Å². The zero-order chi connectivity index (χ0) is 25.8. The van der Waals surface area contributed by atoms with Gasteiger partial charge in [-0.25, -0.2) is 4.99 Å². The van der Waals surface area contributed by atoms with Crippen LogP contribution in [-0.2, 0) is 4.79 Å². The average Bonchev–Trinajstić information content (AvgIpc) is 3.22. The standard InChI is InChI=1S/C29H22N4O3S/c1-19-25(27(34)32-22-13-6-3-7-14-22)26(20-10-4-2-5-11-20)33-28(35)24(37-29(33)31-19)18-21-12-8-9-15-23(21)36-17-16-30/h2-15,18,26H,17H2,1H3,(H,32,34)/b24-18-/t26-/m1/s1. The largest absolute Gasteiger partial charge is 0.478 e. The van der Waals surface area contributed by atoms with Crippen LogP contribution in [-0.4, -0.2) is 17.1 Å². The molecule has 3 aromatic carbocycles. The number of hydrogen-bond donors (Lipinski definition) is 1. The highest BCUT2D eigenvalue weighted by molar-refractivity contribution is 7.07. The fourth-order valence-electron chi connectivity index (χ4n) is 4.26. The molecule has 2 heterocycles. The lowest BCUT2D eigenvalue weighted by Crippen LogP contribution is -2.40. The number of amides is 1. The molecule has 1 aliphatic rings. The first-order chi connectivity index (χ1) is 18.1. The second-order valence-corrected chi connectivity index (χ2v) is 9.31. The Labute approximate surface area is 216 Å². The third-order valence-corrected chi connectivity index (χ3v) is 6.89. The van der Waals surface area contributed by atoms with Gasteiger partial charge in [-0.15, -0.1) is 0 Å². The first kappa shape index (κ1) is 24.0. The number of nitrogens with one attached hydrogen (secondary N) is 1. The van der Waals surface area contributed by atoms with Crippen LogP contribution in [0.2, 0.25) is 0 Å². The minimum Gasteiger partial charge on any atom is -0.478 e. The molecule has 0 spiro atoms. The average molecular weight is 507 g/mol. The fourth-order valence-corrected chi connectivity index (χ4v) is 5.30. The van der Waals surface area contributed by atoms with E-state index < -0.39 is 6.04 Å². The maximum atomic E-state index is 13.8. The first-order valence-electron chi connectivity index (χ1n) is 11.6. The molecule has 0 radical (unpaired) electrons. The van der Waals surface area contributed by atoms with Gasteiger partial charge in [-0.2, -0.15) is 5.26 Å². The van der Waals surface area contributed by atoms with E-state index in [-0.39, 0.29) is 18.1 Å². The van der Waals surface area contributed by atoms with Crippen molar-refractivity contribution in [2.45, 2.75) is 13.0 Å². The van der Waals surface area contributed by atoms with Gasteiger partial charge in [-0.3, -0.25) is 14.2 Å². The van der Waals surface area contributed by atoms with Crippen molar-refractivity contribution in [2.24, 2.45) is 4.99 Å². The summed E-state index contributed by atoms with van der Waals surface area (Å²) in [5.74, 6) is 0.194. The minimum absolute atomic E-state index is 0.0980. The molecule has 1 N–H and O–H groups in total. The van der Waals surface area contributed by atoms with Crippen molar-refractivity contribution in [3.8, 4) is 11.8 Å². The number of anilines is 1. The number of nitriles is 1. The van der Waals surface area contributed by atoms with Crippen molar-refractivity contribution < 1.29 is 9.53 Å². The van der Waals surface area contributed by atoms with E-state index in [2.05, 4.69) is 10.3 Å². The van der Waals surface area contributed by atoms with Crippen LogP contribution >= 0.6 is 11.3 Å². The highest BCUT2D eigenvalue weighted by atomic mass is 32.1. The Bertz CT molecular complexity index is 1710.